The molecule has 1 N–H and O–H groups in total. The summed E-state index contributed by atoms with van der Waals surface area (Å²) in [4.78, 5) is 2.72. The molecule has 0 aliphatic heterocycles. The van der Waals surface area contributed by atoms with Gasteiger partial charge < -0.3 is 10.0 Å². The van der Waals surface area contributed by atoms with E-state index in [0.29, 0.717) is 6.61 Å². The van der Waals surface area contributed by atoms with Crippen molar-refractivity contribution in [1.82, 2.24) is 4.90 Å². The Hall–Kier alpha value is -0.0800. The van der Waals surface area contributed by atoms with E-state index in [9.17, 15) is 0 Å². The molecule has 134 valence electrons. The van der Waals surface area contributed by atoms with Gasteiger partial charge in [0.2, 0.25) is 0 Å². The lowest BCUT2D eigenvalue weighted by Gasteiger charge is -2.28. The smallest absolute Gasteiger partial charge is 0.0431 e. The van der Waals surface area contributed by atoms with Crippen LogP contribution in [0.1, 0.15) is 91.9 Å². The maximum Gasteiger partial charge on any atom is 0.0431 e. The third kappa shape index (κ3) is 13.6. The summed E-state index contributed by atoms with van der Waals surface area (Å²) in [5.74, 6) is 1.66. The molecule has 2 heteroatoms. The van der Waals surface area contributed by atoms with Crippen molar-refractivity contribution in [2.45, 2.75) is 91.9 Å². The molecular weight excluding hydrogens is 270 g/mol. The quantitative estimate of drug-likeness (QED) is 0.381. The minimum absolute atomic E-state index is 0.353. The van der Waals surface area contributed by atoms with Gasteiger partial charge in [0.15, 0.2) is 0 Å². The van der Waals surface area contributed by atoms with Crippen LogP contribution in [-0.2, 0) is 0 Å². The molecule has 0 bridgehead atoms. The maximum atomic E-state index is 8.87. The van der Waals surface area contributed by atoms with Crippen LogP contribution < -0.4 is 0 Å². The second kappa shape index (κ2) is 15.8. The number of rotatable bonds is 16. The lowest BCUT2D eigenvalue weighted by atomic mass is 10.0. The first-order valence-electron chi connectivity index (χ1n) is 9.97. The average Bonchev–Trinajstić information content (AvgIpc) is 2.50. The molecule has 2 nitrogen and oxygen atoms in total. The van der Waals surface area contributed by atoms with Crippen molar-refractivity contribution in [2.24, 2.45) is 11.8 Å². The molecule has 0 aromatic rings. The van der Waals surface area contributed by atoms with E-state index in [-0.39, 0.29) is 0 Å². The number of aliphatic hydroxyl groups is 1. The molecule has 0 aliphatic rings. The molecule has 0 saturated heterocycles. The standard InChI is InChI=1S/C20H43NO/c1-5-7-13-19(3)17-21(15-11-9-10-12-16-22)18-20(4)14-8-6-2/h19-20,22H,5-18H2,1-4H3/t19-,20+. The fourth-order valence-electron chi connectivity index (χ4n) is 3.23. The van der Waals surface area contributed by atoms with Crippen molar-refractivity contribution in [1.29, 1.82) is 0 Å². The fourth-order valence-corrected chi connectivity index (χ4v) is 3.23. The molecule has 0 aromatic heterocycles. The van der Waals surface area contributed by atoms with Crippen molar-refractivity contribution < 1.29 is 5.11 Å². The zero-order valence-electron chi connectivity index (χ0n) is 15.9. The number of hydrogen-bond donors (Lipinski definition) is 1. The lowest BCUT2D eigenvalue weighted by molar-refractivity contribution is 0.193. The van der Waals surface area contributed by atoms with E-state index in [1.807, 2.05) is 0 Å². The number of hydrogen-bond acceptors (Lipinski definition) is 2. The van der Waals surface area contributed by atoms with E-state index < -0.39 is 0 Å². The minimum Gasteiger partial charge on any atom is -0.396 e. The van der Waals surface area contributed by atoms with Gasteiger partial charge in [-0.05, 0) is 44.1 Å². The molecule has 0 unspecified atom stereocenters. The molecule has 0 rings (SSSR count). The maximum absolute atomic E-state index is 8.87. The van der Waals surface area contributed by atoms with Crippen LogP contribution in [0.15, 0.2) is 0 Å². The Morgan fingerprint density at radius 3 is 1.68 bits per heavy atom. The van der Waals surface area contributed by atoms with Crippen LogP contribution in [0.5, 0.6) is 0 Å². The van der Waals surface area contributed by atoms with Gasteiger partial charge in [-0.15, -0.1) is 0 Å². The highest BCUT2D eigenvalue weighted by molar-refractivity contribution is 4.67. The molecule has 0 saturated carbocycles. The average molecular weight is 314 g/mol. The first-order chi connectivity index (χ1) is 10.6. The lowest BCUT2D eigenvalue weighted by Crippen LogP contribution is -2.33. The van der Waals surface area contributed by atoms with Gasteiger partial charge in [0.05, 0.1) is 0 Å². The molecule has 0 heterocycles. The monoisotopic (exact) mass is 313 g/mol. The summed E-state index contributed by atoms with van der Waals surface area (Å²) in [5.41, 5.74) is 0. The van der Waals surface area contributed by atoms with E-state index >= 15 is 0 Å². The fraction of sp³-hybridized carbons (Fsp3) is 1.00. The molecular formula is C20H43NO. The van der Waals surface area contributed by atoms with Crippen molar-refractivity contribution in [3.63, 3.8) is 0 Å². The molecule has 2 atom stereocenters. The Morgan fingerprint density at radius 1 is 0.727 bits per heavy atom. The van der Waals surface area contributed by atoms with Gasteiger partial charge >= 0.3 is 0 Å². The molecule has 0 aromatic carbocycles. The summed E-state index contributed by atoms with van der Waals surface area (Å²) in [6.45, 7) is 13.6. The van der Waals surface area contributed by atoms with Gasteiger partial charge in [-0.3, -0.25) is 0 Å². The zero-order valence-corrected chi connectivity index (χ0v) is 15.9. The SMILES string of the molecule is CCCC[C@@H](C)CN(CCCCCCO)C[C@@H](C)CCCC. The van der Waals surface area contributed by atoms with Gasteiger partial charge in [-0.2, -0.15) is 0 Å². The Balaban J connectivity index is 4.11. The minimum atomic E-state index is 0.353. The summed E-state index contributed by atoms with van der Waals surface area (Å²) in [6, 6.07) is 0. The first kappa shape index (κ1) is 21.9. The van der Waals surface area contributed by atoms with E-state index in [0.717, 1.165) is 18.3 Å². The summed E-state index contributed by atoms with van der Waals surface area (Å²) in [5, 5.41) is 8.87. The van der Waals surface area contributed by atoms with Crippen LogP contribution in [0.25, 0.3) is 0 Å². The summed E-state index contributed by atoms with van der Waals surface area (Å²) in [7, 11) is 0. The summed E-state index contributed by atoms with van der Waals surface area (Å²) in [6.07, 6.45) is 12.8. The van der Waals surface area contributed by atoms with Gasteiger partial charge in [-0.1, -0.05) is 66.2 Å². The summed E-state index contributed by atoms with van der Waals surface area (Å²) < 4.78 is 0. The van der Waals surface area contributed by atoms with Crippen LogP contribution in [0, 0.1) is 11.8 Å². The van der Waals surface area contributed by atoms with Crippen LogP contribution in [-0.4, -0.2) is 36.2 Å². The molecule has 0 aliphatic carbocycles. The van der Waals surface area contributed by atoms with E-state index in [2.05, 4.69) is 32.6 Å². The van der Waals surface area contributed by atoms with Gasteiger partial charge in [0, 0.05) is 19.7 Å². The summed E-state index contributed by atoms with van der Waals surface area (Å²) >= 11 is 0. The van der Waals surface area contributed by atoms with Crippen LogP contribution in [0.2, 0.25) is 0 Å². The predicted octanol–water partition coefficient (Wildman–Crippen LogP) is 5.49. The second-order valence-electron chi connectivity index (χ2n) is 7.39. The van der Waals surface area contributed by atoms with Crippen LogP contribution >= 0.6 is 0 Å². The third-order valence-electron chi connectivity index (χ3n) is 4.62. The molecule has 22 heavy (non-hydrogen) atoms. The van der Waals surface area contributed by atoms with E-state index in [1.165, 1.54) is 77.4 Å². The van der Waals surface area contributed by atoms with Crippen molar-refractivity contribution in [3.8, 4) is 0 Å². The van der Waals surface area contributed by atoms with Crippen molar-refractivity contribution >= 4 is 0 Å². The van der Waals surface area contributed by atoms with E-state index in [4.69, 9.17) is 5.11 Å². The van der Waals surface area contributed by atoms with Gasteiger partial charge in [0.25, 0.3) is 0 Å². The second-order valence-corrected chi connectivity index (χ2v) is 7.39. The Kier molecular flexibility index (Phi) is 15.7. The normalized spacial score (nSPS) is 14.5. The van der Waals surface area contributed by atoms with Crippen LogP contribution in [0.3, 0.4) is 0 Å². The zero-order chi connectivity index (χ0) is 16.6. The predicted molar refractivity (Wildman–Crippen MR) is 99.4 cm³/mol. The molecule has 0 spiro atoms. The number of unbranched alkanes of at least 4 members (excludes halogenated alkanes) is 5. The highest BCUT2D eigenvalue weighted by atomic mass is 16.2. The highest BCUT2D eigenvalue weighted by Gasteiger charge is 2.13. The first-order valence-corrected chi connectivity index (χ1v) is 9.97. The highest BCUT2D eigenvalue weighted by Crippen LogP contribution is 2.15. The van der Waals surface area contributed by atoms with Crippen LogP contribution in [0.4, 0.5) is 0 Å². The Labute approximate surface area is 140 Å². The Bertz CT molecular complexity index is 204. The van der Waals surface area contributed by atoms with Crippen molar-refractivity contribution in [3.05, 3.63) is 0 Å². The van der Waals surface area contributed by atoms with Gasteiger partial charge in [0.1, 0.15) is 0 Å². The van der Waals surface area contributed by atoms with Gasteiger partial charge in [-0.25, -0.2) is 0 Å². The molecule has 0 fully saturated rings. The van der Waals surface area contributed by atoms with E-state index in [1.54, 1.807) is 0 Å². The topological polar surface area (TPSA) is 23.5 Å². The Morgan fingerprint density at radius 2 is 1.23 bits per heavy atom. The molecule has 0 amide bonds. The largest absolute Gasteiger partial charge is 0.396 e. The third-order valence-corrected chi connectivity index (χ3v) is 4.62. The number of aliphatic hydroxyl groups excluding tert-OH is 1. The molecule has 0 radical (unpaired) electrons. The van der Waals surface area contributed by atoms with Crippen molar-refractivity contribution in [2.75, 3.05) is 26.2 Å². The number of nitrogens with zero attached hydrogens (tertiary/aromatic N) is 1.